The molecule has 0 atom stereocenters. The summed E-state index contributed by atoms with van der Waals surface area (Å²) in [6.07, 6.45) is 0. The number of hydrogen-bond donors (Lipinski definition) is 2. The number of benzene rings is 2. The molecule has 0 unspecified atom stereocenters. The lowest BCUT2D eigenvalue weighted by Crippen LogP contribution is -2.29. The normalized spacial score (nSPS) is 12.0. The summed E-state index contributed by atoms with van der Waals surface area (Å²) in [6, 6.07) is 11.5. The summed E-state index contributed by atoms with van der Waals surface area (Å²) in [7, 11) is 0. The number of nitrogens with one attached hydrogen (secondary N) is 2. The van der Waals surface area contributed by atoms with Gasteiger partial charge in [0, 0.05) is 12.2 Å². The second-order valence-corrected chi connectivity index (χ2v) is 4.83. The number of halogens is 1. The van der Waals surface area contributed by atoms with Gasteiger partial charge in [-0.05, 0) is 35.9 Å². The summed E-state index contributed by atoms with van der Waals surface area (Å²) in [6.45, 7) is 0.691. The molecule has 1 aliphatic heterocycles. The Morgan fingerprint density at radius 3 is 2.86 bits per heavy atom. The van der Waals surface area contributed by atoms with Gasteiger partial charge in [0.2, 0.25) is 12.7 Å². The van der Waals surface area contributed by atoms with Crippen LogP contribution in [0.15, 0.2) is 42.5 Å². The van der Waals surface area contributed by atoms with E-state index in [4.69, 9.17) is 9.47 Å². The fourth-order valence-electron chi connectivity index (χ4n) is 2.09. The van der Waals surface area contributed by atoms with Crippen molar-refractivity contribution >= 4 is 11.6 Å². The van der Waals surface area contributed by atoms with Gasteiger partial charge in [-0.25, -0.2) is 4.39 Å². The first kappa shape index (κ1) is 14.2. The van der Waals surface area contributed by atoms with E-state index < -0.39 is 0 Å². The van der Waals surface area contributed by atoms with E-state index in [0.717, 1.165) is 5.56 Å². The molecule has 1 aliphatic rings. The maximum Gasteiger partial charge on any atom is 0.239 e. The Balaban J connectivity index is 1.48. The zero-order chi connectivity index (χ0) is 15.4. The van der Waals surface area contributed by atoms with Gasteiger partial charge in [-0.3, -0.25) is 4.79 Å². The van der Waals surface area contributed by atoms with Crippen LogP contribution in [0.25, 0.3) is 0 Å². The molecule has 0 bridgehead atoms. The molecule has 2 aromatic carbocycles. The van der Waals surface area contributed by atoms with Crippen molar-refractivity contribution in [1.29, 1.82) is 0 Å². The second kappa shape index (κ2) is 6.34. The quantitative estimate of drug-likeness (QED) is 0.889. The molecule has 2 aromatic rings. The number of rotatable bonds is 5. The Bertz CT molecular complexity index is 691. The summed E-state index contributed by atoms with van der Waals surface area (Å²) in [5.41, 5.74) is 1.49. The van der Waals surface area contributed by atoms with Gasteiger partial charge >= 0.3 is 0 Å². The average molecular weight is 302 g/mol. The Kier molecular flexibility index (Phi) is 4.09. The lowest BCUT2D eigenvalue weighted by molar-refractivity contribution is -0.119. The maximum absolute atomic E-state index is 13.0. The topological polar surface area (TPSA) is 59.6 Å². The summed E-state index contributed by atoms with van der Waals surface area (Å²) < 4.78 is 23.5. The Morgan fingerprint density at radius 1 is 1.14 bits per heavy atom. The van der Waals surface area contributed by atoms with Gasteiger partial charge in [0.25, 0.3) is 0 Å². The number of ether oxygens (including phenoxy) is 2. The third-order valence-electron chi connectivity index (χ3n) is 3.20. The number of fused-ring (bicyclic) bond motifs is 1. The van der Waals surface area contributed by atoms with Crippen LogP contribution in [-0.2, 0) is 11.3 Å². The van der Waals surface area contributed by atoms with Crippen molar-refractivity contribution < 1.29 is 18.7 Å². The van der Waals surface area contributed by atoms with Crippen LogP contribution in [0.2, 0.25) is 0 Å². The highest BCUT2D eigenvalue weighted by molar-refractivity contribution is 5.80. The molecule has 0 saturated carbocycles. The molecule has 2 N–H and O–H groups in total. The molecule has 0 aliphatic carbocycles. The van der Waals surface area contributed by atoms with E-state index in [9.17, 15) is 9.18 Å². The van der Waals surface area contributed by atoms with Crippen LogP contribution in [0, 0.1) is 5.82 Å². The van der Waals surface area contributed by atoms with Gasteiger partial charge in [-0.2, -0.15) is 0 Å². The van der Waals surface area contributed by atoms with Gasteiger partial charge in [-0.1, -0.05) is 12.1 Å². The molecule has 5 nitrogen and oxygen atoms in total. The van der Waals surface area contributed by atoms with E-state index in [2.05, 4.69) is 10.6 Å². The number of carbonyl (C=O) groups is 1. The lowest BCUT2D eigenvalue weighted by Gasteiger charge is -2.08. The van der Waals surface area contributed by atoms with Crippen LogP contribution in [0.4, 0.5) is 10.1 Å². The van der Waals surface area contributed by atoms with Crippen molar-refractivity contribution in [1.82, 2.24) is 5.32 Å². The molecular weight excluding hydrogens is 287 g/mol. The van der Waals surface area contributed by atoms with Gasteiger partial charge < -0.3 is 20.1 Å². The van der Waals surface area contributed by atoms with Crippen molar-refractivity contribution in [2.45, 2.75) is 6.54 Å². The molecule has 22 heavy (non-hydrogen) atoms. The molecule has 6 heteroatoms. The molecule has 0 spiro atoms. The van der Waals surface area contributed by atoms with Crippen molar-refractivity contribution in [2.24, 2.45) is 0 Å². The minimum Gasteiger partial charge on any atom is -0.454 e. The third-order valence-corrected chi connectivity index (χ3v) is 3.20. The zero-order valence-electron chi connectivity index (χ0n) is 11.8. The van der Waals surface area contributed by atoms with E-state index in [1.807, 2.05) is 18.2 Å². The van der Waals surface area contributed by atoms with E-state index in [-0.39, 0.29) is 25.1 Å². The minimum absolute atomic E-state index is 0.0774. The number of anilines is 1. The third kappa shape index (κ3) is 3.46. The highest BCUT2D eigenvalue weighted by Gasteiger charge is 2.13. The van der Waals surface area contributed by atoms with E-state index in [1.165, 1.54) is 12.1 Å². The molecule has 3 rings (SSSR count). The summed E-state index contributed by atoms with van der Waals surface area (Å²) >= 11 is 0. The van der Waals surface area contributed by atoms with Gasteiger partial charge in [0.15, 0.2) is 11.5 Å². The van der Waals surface area contributed by atoms with Crippen molar-refractivity contribution in [3.8, 4) is 11.5 Å². The fourth-order valence-corrected chi connectivity index (χ4v) is 2.09. The van der Waals surface area contributed by atoms with Crippen LogP contribution >= 0.6 is 0 Å². The van der Waals surface area contributed by atoms with Crippen LogP contribution < -0.4 is 20.1 Å². The van der Waals surface area contributed by atoms with Gasteiger partial charge in [0.1, 0.15) is 5.82 Å². The molecule has 0 saturated heterocycles. The van der Waals surface area contributed by atoms with Crippen molar-refractivity contribution in [3.05, 3.63) is 53.8 Å². The Labute approximate surface area is 127 Å². The average Bonchev–Trinajstić information content (AvgIpc) is 2.98. The summed E-state index contributed by atoms with van der Waals surface area (Å²) in [5, 5.41) is 5.65. The molecule has 114 valence electrons. The molecule has 1 heterocycles. The van der Waals surface area contributed by atoms with Crippen LogP contribution in [-0.4, -0.2) is 19.2 Å². The summed E-state index contributed by atoms with van der Waals surface area (Å²) in [5.74, 6) is 0.875. The maximum atomic E-state index is 13.0. The molecular formula is C16H15FN2O3. The van der Waals surface area contributed by atoms with Gasteiger partial charge in [0.05, 0.1) is 6.54 Å². The van der Waals surface area contributed by atoms with E-state index >= 15 is 0 Å². The van der Waals surface area contributed by atoms with E-state index in [0.29, 0.717) is 23.7 Å². The van der Waals surface area contributed by atoms with Crippen LogP contribution in [0.5, 0.6) is 11.5 Å². The lowest BCUT2D eigenvalue weighted by atomic mass is 10.2. The SMILES string of the molecule is O=C(CNc1cccc(F)c1)NCc1ccc2c(c1)OCO2. The first-order valence-corrected chi connectivity index (χ1v) is 6.85. The summed E-state index contributed by atoms with van der Waals surface area (Å²) in [4.78, 5) is 11.8. The highest BCUT2D eigenvalue weighted by atomic mass is 19.1. The predicted octanol–water partition coefficient (Wildman–Crippen LogP) is 2.28. The second-order valence-electron chi connectivity index (χ2n) is 4.83. The van der Waals surface area contributed by atoms with Crippen LogP contribution in [0.1, 0.15) is 5.56 Å². The first-order valence-electron chi connectivity index (χ1n) is 6.85. The zero-order valence-corrected chi connectivity index (χ0v) is 11.8. The minimum atomic E-state index is -0.342. The molecule has 0 aromatic heterocycles. The Hall–Kier alpha value is -2.76. The van der Waals surface area contributed by atoms with Crippen molar-refractivity contribution in [3.63, 3.8) is 0 Å². The Morgan fingerprint density at radius 2 is 2.00 bits per heavy atom. The highest BCUT2D eigenvalue weighted by Crippen LogP contribution is 2.32. The monoisotopic (exact) mass is 302 g/mol. The largest absolute Gasteiger partial charge is 0.454 e. The molecule has 1 amide bonds. The van der Waals surface area contributed by atoms with E-state index in [1.54, 1.807) is 12.1 Å². The van der Waals surface area contributed by atoms with Crippen molar-refractivity contribution in [2.75, 3.05) is 18.7 Å². The number of hydrogen-bond acceptors (Lipinski definition) is 4. The van der Waals surface area contributed by atoms with Crippen LogP contribution in [0.3, 0.4) is 0 Å². The standard InChI is InChI=1S/C16H15FN2O3/c17-12-2-1-3-13(7-12)18-9-16(20)19-8-11-4-5-14-15(6-11)22-10-21-14/h1-7,18H,8-10H2,(H,19,20). The number of carbonyl (C=O) groups excluding carboxylic acids is 1. The predicted molar refractivity (Wildman–Crippen MR) is 79.3 cm³/mol. The molecule has 0 radical (unpaired) electrons. The number of amides is 1. The molecule has 0 fully saturated rings. The van der Waals surface area contributed by atoms with Gasteiger partial charge in [-0.15, -0.1) is 0 Å². The smallest absolute Gasteiger partial charge is 0.239 e. The first-order chi connectivity index (χ1) is 10.7. The fraction of sp³-hybridized carbons (Fsp3) is 0.188.